The highest BCUT2D eigenvalue weighted by Gasteiger charge is 2.32. The van der Waals surface area contributed by atoms with E-state index in [4.69, 9.17) is 4.74 Å². The smallest absolute Gasteiger partial charge is 0.316 e. The summed E-state index contributed by atoms with van der Waals surface area (Å²) in [6.07, 6.45) is 2.17. The first-order valence-corrected chi connectivity index (χ1v) is 7.06. The van der Waals surface area contributed by atoms with Crippen LogP contribution in [0.5, 0.6) is 0 Å². The first-order chi connectivity index (χ1) is 9.09. The molecule has 1 aromatic carbocycles. The van der Waals surface area contributed by atoms with E-state index < -0.39 is 5.41 Å². The summed E-state index contributed by atoms with van der Waals surface area (Å²) in [6.45, 7) is 7.78. The van der Waals surface area contributed by atoms with Crippen LogP contribution in [0.15, 0.2) is 36.9 Å². The van der Waals surface area contributed by atoms with E-state index in [0.717, 1.165) is 15.2 Å². The lowest BCUT2D eigenvalue weighted by molar-refractivity contribution is -0.151. The summed E-state index contributed by atoms with van der Waals surface area (Å²) in [5.41, 5.74) is 0.252. The van der Waals surface area contributed by atoms with Crippen LogP contribution in [0.25, 0.3) is 10.2 Å². The summed E-state index contributed by atoms with van der Waals surface area (Å²) in [5.74, 6) is -0.246. The predicted molar refractivity (Wildman–Crippen MR) is 78.3 cm³/mol. The number of aromatic nitrogens is 1. The van der Waals surface area contributed by atoms with Gasteiger partial charge in [-0.15, -0.1) is 17.9 Å². The summed E-state index contributed by atoms with van der Waals surface area (Å²) >= 11 is 1.61. The Morgan fingerprint density at radius 2 is 2.26 bits per heavy atom. The molecule has 3 nitrogen and oxygen atoms in total. The van der Waals surface area contributed by atoms with Crippen LogP contribution in [0.4, 0.5) is 0 Å². The monoisotopic (exact) mass is 275 g/mol. The van der Waals surface area contributed by atoms with Crippen molar-refractivity contribution in [1.82, 2.24) is 4.98 Å². The molecule has 0 radical (unpaired) electrons. The van der Waals surface area contributed by atoms with Crippen molar-refractivity contribution in [2.24, 2.45) is 5.41 Å². The van der Waals surface area contributed by atoms with E-state index in [0.29, 0.717) is 13.0 Å². The zero-order valence-corrected chi connectivity index (χ0v) is 12.0. The van der Waals surface area contributed by atoms with E-state index in [1.54, 1.807) is 24.3 Å². The summed E-state index contributed by atoms with van der Waals surface area (Å²) in [4.78, 5) is 16.6. The first-order valence-electron chi connectivity index (χ1n) is 6.24. The Balaban J connectivity index is 2.26. The molecule has 1 heterocycles. The number of fused-ring (bicyclic) bond motifs is 1. The predicted octanol–water partition coefficient (Wildman–Crippen LogP) is 3.59. The van der Waals surface area contributed by atoms with E-state index in [2.05, 4.69) is 11.6 Å². The van der Waals surface area contributed by atoms with Gasteiger partial charge < -0.3 is 4.74 Å². The van der Waals surface area contributed by atoms with Crippen molar-refractivity contribution in [3.8, 4) is 0 Å². The number of hydrogen-bond acceptors (Lipinski definition) is 4. The van der Waals surface area contributed by atoms with Crippen LogP contribution in [0.3, 0.4) is 0 Å². The fourth-order valence-electron chi connectivity index (χ4n) is 1.83. The molecule has 0 spiro atoms. The Kier molecular flexibility index (Phi) is 4.00. The number of nitrogens with zero attached hydrogens (tertiary/aromatic N) is 1. The van der Waals surface area contributed by atoms with Crippen molar-refractivity contribution in [1.29, 1.82) is 0 Å². The molecular weight excluding hydrogens is 258 g/mol. The second-order valence-electron chi connectivity index (χ2n) is 4.59. The average molecular weight is 275 g/mol. The molecule has 1 unspecified atom stereocenters. The maximum Gasteiger partial charge on any atom is 0.316 e. The molecule has 0 saturated carbocycles. The molecule has 4 heteroatoms. The SMILES string of the molecule is C=CC(C)(Cc1nc2ccccc2s1)C(=O)OCC. The minimum absolute atomic E-state index is 0.246. The van der Waals surface area contributed by atoms with Crippen molar-refractivity contribution in [2.45, 2.75) is 20.3 Å². The van der Waals surface area contributed by atoms with Crippen molar-refractivity contribution in [2.75, 3.05) is 6.61 Å². The molecule has 1 atom stereocenters. The molecule has 0 saturated heterocycles. The van der Waals surface area contributed by atoms with Crippen molar-refractivity contribution >= 4 is 27.5 Å². The van der Waals surface area contributed by atoms with Crippen molar-refractivity contribution in [3.63, 3.8) is 0 Å². The highest BCUT2D eigenvalue weighted by atomic mass is 32.1. The molecule has 2 rings (SSSR count). The van der Waals surface area contributed by atoms with Gasteiger partial charge in [-0.05, 0) is 26.0 Å². The molecule has 0 aliphatic carbocycles. The molecule has 0 bridgehead atoms. The third-order valence-corrected chi connectivity index (χ3v) is 4.09. The van der Waals surface area contributed by atoms with Crippen LogP contribution in [-0.2, 0) is 16.0 Å². The minimum Gasteiger partial charge on any atom is -0.465 e. The first kappa shape index (κ1) is 13.7. The second-order valence-corrected chi connectivity index (χ2v) is 5.71. The molecule has 0 amide bonds. The van der Waals surface area contributed by atoms with Gasteiger partial charge in [-0.25, -0.2) is 4.98 Å². The molecule has 2 aromatic rings. The maximum absolute atomic E-state index is 12.0. The Morgan fingerprint density at radius 3 is 2.89 bits per heavy atom. The summed E-state index contributed by atoms with van der Waals surface area (Å²) in [7, 11) is 0. The zero-order valence-electron chi connectivity index (χ0n) is 11.2. The maximum atomic E-state index is 12.0. The minimum atomic E-state index is -0.718. The van der Waals surface area contributed by atoms with Gasteiger partial charge in [-0.3, -0.25) is 4.79 Å². The lowest BCUT2D eigenvalue weighted by Gasteiger charge is -2.21. The standard InChI is InChI=1S/C15H17NO2S/c1-4-15(3,14(17)18-5-2)10-13-16-11-8-6-7-9-12(11)19-13/h4,6-9H,1,5,10H2,2-3H3. The molecule has 19 heavy (non-hydrogen) atoms. The molecule has 0 fully saturated rings. The molecular formula is C15H17NO2S. The van der Waals surface area contributed by atoms with E-state index in [1.807, 2.05) is 31.2 Å². The fourth-order valence-corrected chi connectivity index (χ4v) is 2.97. The van der Waals surface area contributed by atoms with Gasteiger partial charge in [-0.1, -0.05) is 18.2 Å². The third kappa shape index (κ3) is 2.84. The Hall–Kier alpha value is -1.68. The zero-order chi connectivity index (χ0) is 13.9. The number of esters is 1. The van der Waals surface area contributed by atoms with Crippen molar-refractivity contribution < 1.29 is 9.53 Å². The largest absolute Gasteiger partial charge is 0.465 e. The van der Waals surface area contributed by atoms with Gasteiger partial charge >= 0.3 is 5.97 Å². The Morgan fingerprint density at radius 1 is 1.53 bits per heavy atom. The Bertz CT molecular complexity index is 572. The summed E-state index contributed by atoms with van der Waals surface area (Å²) in [5, 5.41) is 0.927. The molecule has 1 aromatic heterocycles. The van der Waals surface area contributed by atoms with Gasteiger partial charge in [-0.2, -0.15) is 0 Å². The van der Waals surface area contributed by atoms with Gasteiger partial charge in [0.1, 0.15) is 0 Å². The average Bonchev–Trinajstić information content (AvgIpc) is 2.80. The van der Waals surface area contributed by atoms with Gasteiger partial charge in [0.2, 0.25) is 0 Å². The number of para-hydroxylation sites is 1. The quantitative estimate of drug-likeness (QED) is 0.618. The lowest BCUT2D eigenvalue weighted by Crippen LogP contribution is -2.30. The normalized spacial score (nSPS) is 14.0. The molecule has 100 valence electrons. The van der Waals surface area contributed by atoms with E-state index in [1.165, 1.54) is 0 Å². The van der Waals surface area contributed by atoms with Gasteiger partial charge in [0.05, 0.1) is 27.2 Å². The van der Waals surface area contributed by atoms with E-state index in [9.17, 15) is 4.79 Å². The summed E-state index contributed by atoms with van der Waals surface area (Å²) < 4.78 is 6.24. The van der Waals surface area contributed by atoms with Crippen LogP contribution in [-0.4, -0.2) is 17.6 Å². The topological polar surface area (TPSA) is 39.2 Å². The van der Waals surface area contributed by atoms with Crippen LogP contribution in [0.1, 0.15) is 18.9 Å². The fraction of sp³-hybridized carbons (Fsp3) is 0.333. The van der Waals surface area contributed by atoms with Crippen LogP contribution >= 0.6 is 11.3 Å². The lowest BCUT2D eigenvalue weighted by atomic mass is 9.87. The van der Waals surface area contributed by atoms with Gasteiger partial charge in [0.25, 0.3) is 0 Å². The van der Waals surface area contributed by atoms with Crippen LogP contribution in [0.2, 0.25) is 0 Å². The Labute approximate surface area is 116 Å². The van der Waals surface area contributed by atoms with E-state index in [-0.39, 0.29) is 5.97 Å². The third-order valence-electron chi connectivity index (χ3n) is 3.05. The molecule has 0 N–H and O–H groups in total. The van der Waals surface area contributed by atoms with Gasteiger partial charge in [0.15, 0.2) is 0 Å². The number of hydrogen-bond donors (Lipinski definition) is 0. The second kappa shape index (κ2) is 5.53. The number of rotatable bonds is 5. The molecule has 0 aliphatic heterocycles. The number of carbonyl (C=O) groups excluding carboxylic acids is 1. The summed E-state index contributed by atoms with van der Waals surface area (Å²) in [6, 6.07) is 7.96. The number of carbonyl (C=O) groups is 1. The van der Waals surface area contributed by atoms with Crippen LogP contribution in [0, 0.1) is 5.41 Å². The van der Waals surface area contributed by atoms with Gasteiger partial charge in [0, 0.05) is 6.42 Å². The van der Waals surface area contributed by atoms with Crippen LogP contribution < -0.4 is 0 Å². The highest BCUT2D eigenvalue weighted by Crippen LogP contribution is 2.30. The molecule has 0 aliphatic rings. The number of thiazole rings is 1. The van der Waals surface area contributed by atoms with Crippen molar-refractivity contribution in [3.05, 3.63) is 41.9 Å². The highest BCUT2D eigenvalue weighted by molar-refractivity contribution is 7.18. The van der Waals surface area contributed by atoms with E-state index >= 15 is 0 Å². The number of benzene rings is 1. The number of ether oxygens (including phenoxy) is 1.